The number of nitro groups is 1. The number of nitro benzene ring substituents is 1. The van der Waals surface area contributed by atoms with E-state index in [2.05, 4.69) is 0 Å². The van der Waals surface area contributed by atoms with Gasteiger partial charge in [-0.3, -0.25) is 10.1 Å². The van der Waals surface area contributed by atoms with Crippen LogP contribution in [0.1, 0.15) is 5.56 Å². The number of aliphatic carboxylic acids is 1. The Morgan fingerprint density at radius 3 is 2.95 bits per heavy atom. The number of benzene rings is 1. The molecule has 6 nitrogen and oxygen atoms in total. The van der Waals surface area contributed by atoms with Crippen LogP contribution in [0.2, 0.25) is 0 Å². The molecule has 0 aromatic heterocycles. The minimum absolute atomic E-state index is 0.0277. The second-order valence-corrected chi connectivity index (χ2v) is 5.50. The number of carboxylic acids is 1. The maximum atomic E-state index is 11.2. The van der Waals surface area contributed by atoms with Gasteiger partial charge in [-0.15, -0.1) is 0 Å². The molecule has 1 aliphatic heterocycles. The van der Waals surface area contributed by atoms with Crippen LogP contribution in [0.25, 0.3) is 0 Å². The van der Waals surface area contributed by atoms with Gasteiger partial charge in [-0.05, 0) is 13.0 Å². The Labute approximate surface area is 114 Å². The monoisotopic (exact) mass is 282 g/mol. The largest absolute Gasteiger partial charge is 0.480 e. The topological polar surface area (TPSA) is 83.7 Å². The zero-order valence-corrected chi connectivity index (χ0v) is 11.2. The van der Waals surface area contributed by atoms with Crippen LogP contribution in [-0.4, -0.2) is 40.1 Å². The van der Waals surface area contributed by atoms with Crippen LogP contribution in [0.4, 0.5) is 11.4 Å². The number of carbonyl (C=O) groups is 1. The summed E-state index contributed by atoms with van der Waals surface area (Å²) in [7, 11) is 0. The molecule has 1 aromatic rings. The first-order valence-corrected chi connectivity index (χ1v) is 6.98. The van der Waals surface area contributed by atoms with Crippen molar-refractivity contribution in [3.05, 3.63) is 33.9 Å². The van der Waals surface area contributed by atoms with E-state index in [9.17, 15) is 20.0 Å². The SMILES string of the molecule is Cc1ccc(N2CCSCC2C(=O)O)cc1[N+](=O)[O-]. The van der Waals surface area contributed by atoms with Crippen molar-refractivity contribution in [1.29, 1.82) is 0 Å². The van der Waals surface area contributed by atoms with E-state index in [0.29, 0.717) is 23.5 Å². The highest BCUT2D eigenvalue weighted by molar-refractivity contribution is 7.99. The van der Waals surface area contributed by atoms with E-state index < -0.39 is 16.9 Å². The summed E-state index contributed by atoms with van der Waals surface area (Å²) in [6.07, 6.45) is 0. The number of aryl methyl sites for hydroxylation is 1. The van der Waals surface area contributed by atoms with E-state index >= 15 is 0 Å². The molecule has 1 atom stereocenters. The van der Waals surface area contributed by atoms with Gasteiger partial charge in [0.15, 0.2) is 0 Å². The summed E-state index contributed by atoms with van der Waals surface area (Å²) in [6, 6.07) is 4.24. The normalized spacial score (nSPS) is 19.2. The molecule has 1 heterocycles. The molecule has 1 fully saturated rings. The summed E-state index contributed by atoms with van der Waals surface area (Å²) in [6.45, 7) is 2.25. The first-order chi connectivity index (χ1) is 9.00. The molecular weight excluding hydrogens is 268 g/mol. The first-order valence-electron chi connectivity index (χ1n) is 5.83. The lowest BCUT2D eigenvalue weighted by Crippen LogP contribution is -2.47. The molecule has 0 amide bonds. The smallest absolute Gasteiger partial charge is 0.327 e. The van der Waals surface area contributed by atoms with Crippen LogP contribution in [0.3, 0.4) is 0 Å². The summed E-state index contributed by atoms with van der Waals surface area (Å²) < 4.78 is 0. The highest BCUT2D eigenvalue weighted by Crippen LogP contribution is 2.29. The fourth-order valence-electron chi connectivity index (χ4n) is 2.09. The number of nitrogens with zero attached hydrogens (tertiary/aromatic N) is 2. The third-order valence-electron chi connectivity index (χ3n) is 3.13. The zero-order chi connectivity index (χ0) is 14.0. The van der Waals surface area contributed by atoms with Crippen molar-refractivity contribution in [3.63, 3.8) is 0 Å². The Morgan fingerprint density at radius 1 is 1.58 bits per heavy atom. The standard InChI is InChI=1S/C12H14N2O4S/c1-8-2-3-9(6-10(8)14(17)18)13-4-5-19-7-11(13)12(15)16/h2-3,6,11H,4-5,7H2,1H3,(H,15,16). The molecular formula is C12H14N2O4S. The van der Waals surface area contributed by atoms with Gasteiger partial charge in [0.1, 0.15) is 6.04 Å². The fourth-order valence-corrected chi connectivity index (χ4v) is 3.13. The first kappa shape index (κ1) is 13.7. The predicted octanol–water partition coefficient (Wildman–Crippen LogP) is 1.91. The summed E-state index contributed by atoms with van der Waals surface area (Å²) in [5.41, 5.74) is 1.21. The van der Waals surface area contributed by atoms with Crippen LogP contribution >= 0.6 is 11.8 Å². The molecule has 0 radical (unpaired) electrons. The number of hydrogen-bond donors (Lipinski definition) is 1. The summed E-state index contributed by atoms with van der Waals surface area (Å²) in [5.74, 6) is 0.429. The van der Waals surface area contributed by atoms with E-state index in [1.165, 1.54) is 6.07 Å². The number of hydrogen-bond acceptors (Lipinski definition) is 5. The van der Waals surface area contributed by atoms with Crippen molar-refractivity contribution in [2.75, 3.05) is 23.0 Å². The number of rotatable bonds is 3. The van der Waals surface area contributed by atoms with Crippen LogP contribution in [0, 0.1) is 17.0 Å². The highest BCUT2D eigenvalue weighted by Gasteiger charge is 2.30. The molecule has 1 aromatic carbocycles. The van der Waals surface area contributed by atoms with Gasteiger partial charge in [-0.1, -0.05) is 6.07 Å². The predicted molar refractivity (Wildman–Crippen MR) is 73.9 cm³/mol. The van der Waals surface area contributed by atoms with Gasteiger partial charge >= 0.3 is 5.97 Å². The Morgan fingerprint density at radius 2 is 2.32 bits per heavy atom. The molecule has 2 rings (SSSR count). The van der Waals surface area contributed by atoms with Gasteiger partial charge in [0.2, 0.25) is 0 Å². The number of carboxylic acid groups (broad SMARTS) is 1. The van der Waals surface area contributed by atoms with E-state index in [-0.39, 0.29) is 5.69 Å². The van der Waals surface area contributed by atoms with Crippen molar-refractivity contribution in [2.45, 2.75) is 13.0 Å². The van der Waals surface area contributed by atoms with E-state index in [1.54, 1.807) is 35.7 Å². The molecule has 0 aliphatic carbocycles. The molecule has 1 saturated heterocycles. The lowest BCUT2D eigenvalue weighted by Gasteiger charge is -2.34. The third kappa shape index (κ3) is 2.81. The quantitative estimate of drug-likeness (QED) is 0.673. The molecule has 1 unspecified atom stereocenters. The maximum absolute atomic E-state index is 11.2. The zero-order valence-electron chi connectivity index (χ0n) is 10.4. The molecule has 0 spiro atoms. The Kier molecular flexibility index (Phi) is 3.94. The average molecular weight is 282 g/mol. The van der Waals surface area contributed by atoms with Crippen molar-refractivity contribution in [3.8, 4) is 0 Å². The van der Waals surface area contributed by atoms with Crippen LogP contribution < -0.4 is 4.90 Å². The van der Waals surface area contributed by atoms with Crippen LogP contribution in [-0.2, 0) is 4.79 Å². The van der Waals surface area contributed by atoms with Gasteiger partial charge in [-0.2, -0.15) is 11.8 Å². The average Bonchev–Trinajstić information content (AvgIpc) is 2.39. The van der Waals surface area contributed by atoms with Crippen LogP contribution in [0.5, 0.6) is 0 Å². The fraction of sp³-hybridized carbons (Fsp3) is 0.417. The van der Waals surface area contributed by atoms with Crippen molar-refractivity contribution < 1.29 is 14.8 Å². The van der Waals surface area contributed by atoms with Crippen molar-refractivity contribution >= 4 is 29.1 Å². The minimum atomic E-state index is -0.893. The Balaban J connectivity index is 2.36. The Bertz CT molecular complexity index is 520. The molecule has 19 heavy (non-hydrogen) atoms. The number of anilines is 1. The lowest BCUT2D eigenvalue weighted by molar-refractivity contribution is -0.385. The van der Waals surface area contributed by atoms with Crippen molar-refractivity contribution in [1.82, 2.24) is 0 Å². The molecule has 1 N–H and O–H groups in total. The van der Waals surface area contributed by atoms with Crippen LogP contribution in [0.15, 0.2) is 18.2 Å². The molecule has 102 valence electrons. The van der Waals surface area contributed by atoms with Gasteiger partial charge in [0.05, 0.1) is 4.92 Å². The summed E-state index contributed by atoms with van der Waals surface area (Å²) >= 11 is 1.59. The summed E-state index contributed by atoms with van der Waals surface area (Å²) in [5, 5.41) is 20.2. The van der Waals surface area contributed by atoms with Gasteiger partial charge in [0, 0.05) is 35.4 Å². The van der Waals surface area contributed by atoms with Crippen molar-refractivity contribution in [2.24, 2.45) is 0 Å². The maximum Gasteiger partial charge on any atom is 0.327 e. The van der Waals surface area contributed by atoms with E-state index in [1.807, 2.05) is 0 Å². The second kappa shape index (κ2) is 5.48. The molecule has 0 saturated carbocycles. The molecule has 1 aliphatic rings. The van der Waals surface area contributed by atoms with E-state index in [0.717, 1.165) is 5.75 Å². The van der Waals surface area contributed by atoms with Gasteiger partial charge in [0.25, 0.3) is 5.69 Å². The Hall–Kier alpha value is -1.76. The minimum Gasteiger partial charge on any atom is -0.480 e. The molecule has 0 bridgehead atoms. The lowest BCUT2D eigenvalue weighted by atomic mass is 10.1. The molecule has 7 heteroatoms. The van der Waals surface area contributed by atoms with Gasteiger partial charge in [-0.25, -0.2) is 4.79 Å². The second-order valence-electron chi connectivity index (χ2n) is 4.35. The van der Waals surface area contributed by atoms with E-state index in [4.69, 9.17) is 0 Å². The van der Waals surface area contributed by atoms with Gasteiger partial charge < -0.3 is 10.0 Å². The third-order valence-corrected chi connectivity index (χ3v) is 4.16. The highest BCUT2D eigenvalue weighted by atomic mass is 32.2. The summed E-state index contributed by atoms with van der Waals surface area (Å²) in [4.78, 5) is 23.5. The number of thioether (sulfide) groups is 1.